The highest BCUT2D eigenvalue weighted by atomic mass is 15.4. The van der Waals surface area contributed by atoms with Gasteiger partial charge >= 0.3 is 0 Å². The van der Waals surface area contributed by atoms with Crippen LogP contribution >= 0.6 is 0 Å². The van der Waals surface area contributed by atoms with Gasteiger partial charge in [-0.2, -0.15) is 0 Å². The number of unbranched alkanes of at least 4 members (excludes halogenated alkanes) is 7. The molecule has 3 nitrogen and oxygen atoms in total. The number of fused-ring (bicyclic) bond motifs is 1. The lowest BCUT2D eigenvalue weighted by atomic mass is 9.98. The van der Waals surface area contributed by atoms with Gasteiger partial charge in [-0.05, 0) is 113 Å². The average Bonchev–Trinajstić information content (AvgIpc) is 3.30. The molecule has 3 heteroatoms. The molecule has 1 heterocycles. The Kier molecular flexibility index (Phi) is 16.6. The molecule has 0 saturated carbocycles. The SMILES string of the molecule is C=CCCC(C=C)N1C(=C)N(C)c2cc(CCCCCCCCCCc3ccc(CCCC(CCC(=C)C)NC=C)cc3)ccc21. The van der Waals surface area contributed by atoms with E-state index in [1.165, 1.54) is 104 Å². The normalized spacial score (nSPS) is 13.7. The fraction of sp³-hybridized carbons (Fsp3) is 0.488. The summed E-state index contributed by atoms with van der Waals surface area (Å²) in [4.78, 5) is 4.56. The third-order valence-corrected chi connectivity index (χ3v) is 9.59. The lowest BCUT2D eigenvalue weighted by Gasteiger charge is -2.28. The van der Waals surface area contributed by atoms with Crippen LogP contribution in [-0.2, 0) is 19.3 Å². The Morgan fingerprint density at radius 1 is 0.739 bits per heavy atom. The summed E-state index contributed by atoms with van der Waals surface area (Å²) in [6, 6.07) is 17.1. The molecular weight excluding hydrogens is 558 g/mol. The van der Waals surface area contributed by atoms with Crippen LogP contribution in [0.15, 0.2) is 105 Å². The molecule has 1 aliphatic heterocycles. The minimum Gasteiger partial charge on any atom is -0.389 e. The van der Waals surface area contributed by atoms with Crippen molar-refractivity contribution in [3.63, 3.8) is 0 Å². The predicted octanol–water partition coefficient (Wildman–Crippen LogP) is 11.6. The second-order valence-electron chi connectivity index (χ2n) is 13.4. The minimum atomic E-state index is 0.239. The fourth-order valence-corrected chi connectivity index (χ4v) is 6.69. The van der Waals surface area contributed by atoms with Gasteiger partial charge < -0.3 is 15.1 Å². The lowest BCUT2D eigenvalue weighted by Crippen LogP contribution is -2.33. The number of nitrogens with one attached hydrogen (secondary N) is 1. The molecule has 0 aliphatic carbocycles. The van der Waals surface area contributed by atoms with Gasteiger partial charge in [0, 0.05) is 13.1 Å². The standard InChI is InChI=1S/C43H63N3/c1-8-11-25-41(9-2)46-36(6)45(7)43-34-39(31-33-42(43)46)22-19-17-15-13-12-14-16-18-21-37-27-29-38(30-28-37)23-20-24-40(44-10-3)32-26-35(4)5/h8-10,27-31,33-34,40-41,44H,1-4,6,11-26,32H2,5,7H3. The van der Waals surface area contributed by atoms with E-state index in [1.807, 2.05) is 18.4 Å². The molecule has 1 aliphatic rings. The van der Waals surface area contributed by atoms with Crippen molar-refractivity contribution >= 4 is 11.4 Å². The van der Waals surface area contributed by atoms with Crippen molar-refractivity contribution in [2.24, 2.45) is 0 Å². The summed E-state index contributed by atoms with van der Waals surface area (Å²) in [5.74, 6) is 1.03. The zero-order chi connectivity index (χ0) is 33.1. The molecule has 3 rings (SSSR count). The average molecular weight is 622 g/mol. The van der Waals surface area contributed by atoms with Gasteiger partial charge in [-0.25, -0.2) is 0 Å². The summed E-state index contributed by atoms with van der Waals surface area (Å²) in [7, 11) is 2.13. The molecule has 0 spiro atoms. The van der Waals surface area contributed by atoms with Crippen LogP contribution in [0.1, 0.15) is 114 Å². The zero-order valence-corrected chi connectivity index (χ0v) is 29.4. The van der Waals surface area contributed by atoms with Gasteiger partial charge in [0.25, 0.3) is 0 Å². The number of allylic oxidation sites excluding steroid dienone is 2. The molecule has 2 aromatic carbocycles. The summed E-state index contributed by atoms with van der Waals surface area (Å²) in [6.07, 6.45) is 26.6. The Morgan fingerprint density at radius 3 is 1.87 bits per heavy atom. The van der Waals surface area contributed by atoms with E-state index in [0.29, 0.717) is 6.04 Å². The van der Waals surface area contributed by atoms with Gasteiger partial charge in [0.05, 0.1) is 17.4 Å². The van der Waals surface area contributed by atoms with Crippen molar-refractivity contribution in [2.45, 2.75) is 128 Å². The fourth-order valence-electron chi connectivity index (χ4n) is 6.69. The number of rotatable bonds is 25. The van der Waals surface area contributed by atoms with Gasteiger partial charge in [-0.15, -0.1) is 19.7 Å². The third kappa shape index (κ3) is 12.0. The second-order valence-corrected chi connectivity index (χ2v) is 13.4. The first-order valence-electron chi connectivity index (χ1n) is 18.0. The molecular formula is C43H63N3. The van der Waals surface area contributed by atoms with E-state index in [2.05, 4.69) is 104 Å². The lowest BCUT2D eigenvalue weighted by molar-refractivity contribution is 0.489. The van der Waals surface area contributed by atoms with Crippen LogP contribution in [0, 0.1) is 0 Å². The third-order valence-electron chi connectivity index (χ3n) is 9.59. The van der Waals surface area contributed by atoms with Gasteiger partial charge in [0.1, 0.15) is 5.82 Å². The molecule has 0 fully saturated rings. The van der Waals surface area contributed by atoms with Crippen LogP contribution in [0.3, 0.4) is 0 Å². The van der Waals surface area contributed by atoms with Crippen molar-refractivity contribution in [1.29, 1.82) is 0 Å². The van der Waals surface area contributed by atoms with E-state index in [0.717, 1.165) is 44.3 Å². The van der Waals surface area contributed by atoms with Crippen LogP contribution in [0.2, 0.25) is 0 Å². The largest absolute Gasteiger partial charge is 0.389 e. The van der Waals surface area contributed by atoms with E-state index in [4.69, 9.17) is 0 Å². The van der Waals surface area contributed by atoms with Crippen molar-refractivity contribution in [1.82, 2.24) is 5.32 Å². The maximum absolute atomic E-state index is 4.38. The first-order valence-corrected chi connectivity index (χ1v) is 18.0. The number of benzene rings is 2. The monoisotopic (exact) mass is 622 g/mol. The van der Waals surface area contributed by atoms with Crippen LogP contribution in [-0.4, -0.2) is 19.1 Å². The first-order chi connectivity index (χ1) is 22.4. The molecule has 2 aromatic rings. The molecule has 1 N–H and O–H groups in total. The highest BCUT2D eigenvalue weighted by molar-refractivity contribution is 5.83. The van der Waals surface area contributed by atoms with E-state index < -0.39 is 0 Å². The van der Waals surface area contributed by atoms with E-state index in [-0.39, 0.29) is 6.04 Å². The quantitative estimate of drug-likeness (QED) is 0.0879. The predicted molar refractivity (Wildman–Crippen MR) is 205 cm³/mol. The summed E-state index contributed by atoms with van der Waals surface area (Å²) < 4.78 is 0. The van der Waals surface area contributed by atoms with Gasteiger partial charge in [0.15, 0.2) is 0 Å². The minimum absolute atomic E-state index is 0.239. The maximum atomic E-state index is 4.38. The van der Waals surface area contributed by atoms with E-state index in [1.54, 1.807) is 0 Å². The molecule has 250 valence electrons. The van der Waals surface area contributed by atoms with Crippen LogP contribution in [0.4, 0.5) is 11.4 Å². The Labute approximate surface area is 282 Å². The molecule has 0 aromatic heterocycles. The molecule has 0 bridgehead atoms. The molecule has 0 amide bonds. The molecule has 2 atom stereocenters. The van der Waals surface area contributed by atoms with Crippen molar-refractivity contribution in [3.8, 4) is 0 Å². The van der Waals surface area contributed by atoms with Crippen LogP contribution < -0.4 is 15.1 Å². The number of nitrogens with zero attached hydrogens (tertiary/aromatic N) is 2. The number of hydrogen-bond acceptors (Lipinski definition) is 3. The summed E-state index contributed by atoms with van der Waals surface area (Å²) >= 11 is 0. The summed E-state index contributed by atoms with van der Waals surface area (Å²) in [5.41, 5.74) is 8.14. The number of hydrogen-bond donors (Lipinski definition) is 1. The topological polar surface area (TPSA) is 18.5 Å². The molecule has 0 radical (unpaired) electrons. The second kappa shape index (κ2) is 20.6. The van der Waals surface area contributed by atoms with Crippen molar-refractivity contribution in [2.75, 3.05) is 16.8 Å². The Balaban J connectivity index is 1.25. The molecule has 2 unspecified atom stereocenters. The summed E-state index contributed by atoms with van der Waals surface area (Å²) in [5, 5.41) is 3.42. The van der Waals surface area contributed by atoms with Gasteiger partial charge in [0.2, 0.25) is 0 Å². The smallest absolute Gasteiger partial charge is 0.106 e. The van der Waals surface area contributed by atoms with Crippen molar-refractivity contribution in [3.05, 3.63) is 122 Å². The number of anilines is 2. The van der Waals surface area contributed by atoms with E-state index >= 15 is 0 Å². The highest BCUT2D eigenvalue weighted by Gasteiger charge is 2.31. The van der Waals surface area contributed by atoms with Crippen LogP contribution in [0.25, 0.3) is 0 Å². The van der Waals surface area contributed by atoms with Crippen LogP contribution in [0.5, 0.6) is 0 Å². The maximum Gasteiger partial charge on any atom is 0.106 e. The highest BCUT2D eigenvalue weighted by Crippen LogP contribution is 2.43. The van der Waals surface area contributed by atoms with Crippen molar-refractivity contribution < 1.29 is 0 Å². The summed E-state index contributed by atoms with van der Waals surface area (Å²) in [6.45, 7) is 22.4. The number of aryl methyl sites for hydroxylation is 3. The Bertz CT molecular complexity index is 1240. The first kappa shape index (κ1) is 37.0. The molecule has 0 saturated heterocycles. The van der Waals surface area contributed by atoms with Gasteiger partial charge in [-0.1, -0.05) is 99.7 Å². The molecule has 46 heavy (non-hydrogen) atoms. The zero-order valence-electron chi connectivity index (χ0n) is 29.4. The Morgan fingerprint density at radius 2 is 1.30 bits per heavy atom. The van der Waals surface area contributed by atoms with Gasteiger partial charge in [-0.3, -0.25) is 0 Å². The Hall–Kier alpha value is -3.46. The van der Waals surface area contributed by atoms with E-state index in [9.17, 15) is 0 Å².